The van der Waals surface area contributed by atoms with E-state index in [1.165, 1.54) is 12.8 Å². The van der Waals surface area contributed by atoms with Gasteiger partial charge in [0.2, 0.25) is 0 Å². The molecule has 0 spiro atoms. The van der Waals surface area contributed by atoms with E-state index in [4.69, 9.17) is 9.97 Å². The maximum absolute atomic E-state index is 5.03. The largest absolute Gasteiger partial charge is 0.325 e. The molecule has 0 aliphatic carbocycles. The van der Waals surface area contributed by atoms with Crippen LogP contribution in [-0.2, 0) is 6.42 Å². The van der Waals surface area contributed by atoms with Gasteiger partial charge in [0, 0.05) is 36.1 Å². The molecule has 1 atom stereocenters. The second-order valence-corrected chi connectivity index (χ2v) is 7.26. The highest BCUT2D eigenvalue weighted by molar-refractivity contribution is 5.85. The second-order valence-electron chi connectivity index (χ2n) is 7.26. The summed E-state index contributed by atoms with van der Waals surface area (Å²) < 4.78 is 2.40. The van der Waals surface area contributed by atoms with E-state index in [9.17, 15) is 0 Å². The van der Waals surface area contributed by atoms with Crippen molar-refractivity contribution in [2.75, 3.05) is 0 Å². The third-order valence-corrected chi connectivity index (χ3v) is 5.32. The number of hydrogen-bond acceptors (Lipinski definition) is 4. The average molecular weight is 355 g/mol. The molecule has 1 aliphatic rings. The van der Waals surface area contributed by atoms with Gasteiger partial charge in [-0.3, -0.25) is 15.0 Å². The summed E-state index contributed by atoms with van der Waals surface area (Å²) in [6.07, 6.45) is 6.83. The number of aryl methyl sites for hydroxylation is 2. The Kier molecular flexibility index (Phi) is 3.74. The van der Waals surface area contributed by atoms with Crippen molar-refractivity contribution in [3.63, 3.8) is 0 Å². The van der Waals surface area contributed by atoms with Crippen molar-refractivity contribution >= 4 is 11.0 Å². The molecule has 3 aromatic heterocycles. The molecule has 0 amide bonds. The Morgan fingerprint density at radius 2 is 1.85 bits per heavy atom. The van der Waals surface area contributed by atoms with Gasteiger partial charge in [-0.15, -0.1) is 0 Å². The Labute approximate surface area is 158 Å². The van der Waals surface area contributed by atoms with Gasteiger partial charge in [0.25, 0.3) is 0 Å². The quantitative estimate of drug-likeness (QED) is 0.520. The van der Waals surface area contributed by atoms with Crippen LogP contribution in [0.5, 0.6) is 0 Å². The third-order valence-electron chi connectivity index (χ3n) is 5.32. The molecular formula is C22H21N5. The van der Waals surface area contributed by atoms with Crippen LogP contribution < -0.4 is 0 Å². The van der Waals surface area contributed by atoms with Gasteiger partial charge in [0.15, 0.2) is 0 Å². The summed E-state index contributed by atoms with van der Waals surface area (Å²) in [5.41, 5.74) is 6.96. The van der Waals surface area contributed by atoms with Gasteiger partial charge in [0.05, 0.1) is 22.4 Å². The smallest absolute Gasteiger partial charge is 0.115 e. The summed E-state index contributed by atoms with van der Waals surface area (Å²) >= 11 is 0. The highest BCUT2D eigenvalue weighted by Crippen LogP contribution is 2.38. The van der Waals surface area contributed by atoms with E-state index in [1.54, 1.807) is 12.4 Å². The molecule has 0 fully saturated rings. The molecule has 0 saturated carbocycles. The zero-order valence-corrected chi connectivity index (χ0v) is 15.6. The Bertz CT molecular complexity index is 1140. The lowest BCUT2D eigenvalue weighted by Gasteiger charge is -2.24. The molecule has 27 heavy (non-hydrogen) atoms. The number of hydrogen-bond donors (Lipinski definition) is 0. The van der Waals surface area contributed by atoms with Crippen LogP contribution in [0.25, 0.3) is 33.7 Å². The van der Waals surface area contributed by atoms with E-state index in [0.717, 1.165) is 51.6 Å². The Hall–Kier alpha value is -3.08. The monoisotopic (exact) mass is 355 g/mol. The minimum Gasteiger partial charge on any atom is -0.325 e. The van der Waals surface area contributed by atoms with E-state index in [-0.39, 0.29) is 0 Å². The van der Waals surface area contributed by atoms with Crippen molar-refractivity contribution in [1.82, 2.24) is 24.5 Å². The summed E-state index contributed by atoms with van der Waals surface area (Å²) in [6, 6.07) is 12.8. The van der Waals surface area contributed by atoms with E-state index < -0.39 is 0 Å². The predicted molar refractivity (Wildman–Crippen MR) is 106 cm³/mol. The molecule has 4 heterocycles. The molecular weight excluding hydrogens is 334 g/mol. The van der Waals surface area contributed by atoms with Crippen LogP contribution in [-0.4, -0.2) is 24.5 Å². The Balaban J connectivity index is 1.79. The first-order valence-electron chi connectivity index (χ1n) is 9.47. The second kappa shape index (κ2) is 6.27. The topological polar surface area (TPSA) is 56.5 Å². The lowest BCUT2D eigenvalue weighted by Crippen LogP contribution is -2.16. The molecule has 5 heteroatoms. The van der Waals surface area contributed by atoms with E-state index >= 15 is 0 Å². The molecule has 0 saturated heterocycles. The molecule has 0 N–H and O–H groups in total. The van der Waals surface area contributed by atoms with Gasteiger partial charge in [-0.2, -0.15) is 0 Å². The zero-order chi connectivity index (χ0) is 18.4. The summed E-state index contributed by atoms with van der Waals surface area (Å²) in [5.74, 6) is 1.15. The van der Waals surface area contributed by atoms with Crippen molar-refractivity contribution in [3.05, 3.63) is 60.3 Å². The average Bonchev–Trinajstić information content (AvgIpc) is 3.09. The maximum Gasteiger partial charge on any atom is 0.115 e. The minimum atomic E-state index is 0.423. The Morgan fingerprint density at radius 1 is 1.00 bits per heavy atom. The van der Waals surface area contributed by atoms with Gasteiger partial charge >= 0.3 is 0 Å². The predicted octanol–water partition coefficient (Wildman–Crippen LogP) is 4.76. The summed E-state index contributed by atoms with van der Waals surface area (Å²) in [4.78, 5) is 18.7. The number of rotatable bonds is 2. The lowest BCUT2D eigenvalue weighted by atomic mass is 10.0. The molecule has 5 nitrogen and oxygen atoms in total. The standard InChI is InChI=1S/C22H21N5/c1-14-5-3-7-18(25-14)21-22(27-15(2)6-4-8-20(27)26-21)16-9-10-17-19(13-16)24-12-11-23-17/h3,5,7,9-13,15H,4,6,8H2,1-2H3/t15-/m1/s1. The number of benzene rings is 1. The minimum absolute atomic E-state index is 0.423. The number of fused-ring (bicyclic) bond motifs is 2. The molecule has 0 bridgehead atoms. The van der Waals surface area contributed by atoms with Crippen LogP contribution in [0.2, 0.25) is 0 Å². The van der Waals surface area contributed by atoms with Crippen LogP contribution in [0.3, 0.4) is 0 Å². The van der Waals surface area contributed by atoms with Gasteiger partial charge < -0.3 is 4.57 Å². The number of imidazole rings is 1. The lowest BCUT2D eigenvalue weighted by molar-refractivity contribution is 0.429. The zero-order valence-electron chi connectivity index (χ0n) is 15.6. The van der Waals surface area contributed by atoms with E-state index in [1.807, 2.05) is 19.1 Å². The number of nitrogens with zero attached hydrogens (tertiary/aromatic N) is 5. The van der Waals surface area contributed by atoms with E-state index in [2.05, 4.69) is 45.7 Å². The first-order valence-corrected chi connectivity index (χ1v) is 9.47. The highest BCUT2D eigenvalue weighted by Gasteiger charge is 2.26. The number of aromatic nitrogens is 5. The molecule has 1 aliphatic heterocycles. The normalized spacial score (nSPS) is 16.4. The van der Waals surface area contributed by atoms with Crippen LogP contribution in [0.1, 0.15) is 37.3 Å². The van der Waals surface area contributed by atoms with Crippen LogP contribution >= 0.6 is 0 Å². The Morgan fingerprint density at radius 3 is 2.70 bits per heavy atom. The summed E-state index contributed by atoms with van der Waals surface area (Å²) in [7, 11) is 0. The van der Waals surface area contributed by atoms with Gasteiger partial charge in [-0.05, 0) is 51.0 Å². The van der Waals surface area contributed by atoms with Gasteiger partial charge in [-0.25, -0.2) is 4.98 Å². The third kappa shape index (κ3) is 2.70. The van der Waals surface area contributed by atoms with Crippen molar-refractivity contribution in [2.45, 2.75) is 39.2 Å². The van der Waals surface area contributed by atoms with Crippen molar-refractivity contribution in [2.24, 2.45) is 0 Å². The van der Waals surface area contributed by atoms with Crippen LogP contribution in [0.4, 0.5) is 0 Å². The first kappa shape index (κ1) is 16.1. The molecule has 1 aromatic carbocycles. The molecule has 0 unspecified atom stereocenters. The van der Waals surface area contributed by atoms with Gasteiger partial charge in [-0.1, -0.05) is 12.1 Å². The maximum atomic E-state index is 5.03. The fourth-order valence-corrected chi connectivity index (χ4v) is 4.05. The highest BCUT2D eigenvalue weighted by atomic mass is 15.1. The van der Waals surface area contributed by atoms with Crippen molar-refractivity contribution in [3.8, 4) is 22.6 Å². The molecule has 134 valence electrons. The number of pyridine rings is 1. The molecule has 5 rings (SSSR count). The van der Waals surface area contributed by atoms with Crippen LogP contribution in [0.15, 0.2) is 48.8 Å². The van der Waals surface area contributed by atoms with Crippen molar-refractivity contribution < 1.29 is 0 Å². The molecule has 0 radical (unpaired) electrons. The summed E-state index contributed by atoms with van der Waals surface area (Å²) in [6.45, 7) is 4.30. The summed E-state index contributed by atoms with van der Waals surface area (Å²) in [5, 5.41) is 0. The SMILES string of the molecule is Cc1cccc(-c2nc3n(c2-c2ccc4nccnc4c2)[C@H](C)CCC3)n1. The van der Waals surface area contributed by atoms with Gasteiger partial charge in [0.1, 0.15) is 11.5 Å². The van der Waals surface area contributed by atoms with Crippen LogP contribution in [0, 0.1) is 6.92 Å². The fourth-order valence-electron chi connectivity index (χ4n) is 4.05. The van der Waals surface area contributed by atoms with Crippen molar-refractivity contribution in [1.29, 1.82) is 0 Å². The van der Waals surface area contributed by atoms with E-state index in [0.29, 0.717) is 6.04 Å². The fraction of sp³-hybridized carbons (Fsp3) is 0.273. The molecule has 4 aromatic rings. The first-order chi connectivity index (χ1) is 13.2.